The van der Waals surface area contributed by atoms with Gasteiger partial charge >= 0.3 is 0 Å². The number of nitrogen functional groups attached to an aromatic ring is 1. The van der Waals surface area contributed by atoms with Crippen molar-refractivity contribution in [2.24, 2.45) is 0 Å². The molecular formula is C20H22N4O3. The van der Waals surface area contributed by atoms with Crippen molar-refractivity contribution in [2.45, 2.75) is 25.7 Å². The number of pyridine rings is 1. The van der Waals surface area contributed by atoms with Crippen molar-refractivity contribution >= 4 is 16.9 Å². The van der Waals surface area contributed by atoms with Crippen molar-refractivity contribution in [3.05, 3.63) is 29.7 Å². The predicted octanol–water partition coefficient (Wildman–Crippen LogP) is 3.18. The summed E-state index contributed by atoms with van der Waals surface area (Å²) in [6.07, 6.45) is 5.54. The maximum absolute atomic E-state index is 6.26. The van der Waals surface area contributed by atoms with E-state index in [-0.39, 0.29) is 0 Å². The van der Waals surface area contributed by atoms with Crippen LogP contribution in [0.15, 0.2) is 18.5 Å². The molecule has 1 aromatic carbocycles. The number of nitrogens with two attached hydrogens (primary N) is 1. The van der Waals surface area contributed by atoms with E-state index >= 15 is 0 Å². The molecule has 0 spiro atoms. The Kier molecular flexibility index (Phi) is 4.43. The number of rotatable bonds is 4. The molecule has 27 heavy (non-hydrogen) atoms. The summed E-state index contributed by atoms with van der Waals surface area (Å²) in [6, 6.07) is 3.75. The minimum absolute atomic E-state index is 0.410. The van der Waals surface area contributed by atoms with Gasteiger partial charge in [-0.25, -0.2) is 15.0 Å². The third-order valence-corrected chi connectivity index (χ3v) is 5.06. The molecule has 4 rings (SSSR count). The number of ether oxygens (including phenoxy) is 3. The van der Waals surface area contributed by atoms with Crippen LogP contribution in [-0.4, -0.2) is 36.3 Å². The summed E-state index contributed by atoms with van der Waals surface area (Å²) in [7, 11) is 4.86. The van der Waals surface area contributed by atoms with Crippen LogP contribution in [0.4, 0.5) is 5.82 Å². The van der Waals surface area contributed by atoms with Gasteiger partial charge in [0.1, 0.15) is 17.9 Å². The molecule has 0 fully saturated rings. The van der Waals surface area contributed by atoms with E-state index in [0.29, 0.717) is 28.7 Å². The fraction of sp³-hybridized carbons (Fsp3) is 0.350. The Morgan fingerprint density at radius 2 is 1.59 bits per heavy atom. The molecule has 0 radical (unpaired) electrons. The molecule has 0 unspecified atom stereocenters. The number of hydrogen-bond donors (Lipinski definition) is 1. The molecule has 140 valence electrons. The first-order chi connectivity index (χ1) is 13.2. The Morgan fingerprint density at radius 3 is 2.33 bits per heavy atom. The van der Waals surface area contributed by atoms with Gasteiger partial charge in [-0.1, -0.05) is 0 Å². The molecule has 0 amide bonds. The lowest BCUT2D eigenvalue weighted by Gasteiger charge is -2.23. The van der Waals surface area contributed by atoms with E-state index in [1.165, 1.54) is 11.9 Å². The summed E-state index contributed by atoms with van der Waals surface area (Å²) in [5.74, 6) is 2.32. The molecule has 1 aliphatic carbocycles. The fourth-order valence-electron chi connectivity index (χ4n) is 3.80. The monoisotopic (exact) mass is 366 g/mol. The Morgan fingerprint density at radius 1 is 0.889 bits per heavy atom. The molecular weight excluding hydrogens is 344 g/mol. The van der Waals surface area contributed by atoms with Crippen molar-refractivity contribution < 1.29 is 14.2 Å². The summed E-state index contributed by atoms with van der Waals surface area (Å²) in [5, 5.41) is 0.753. The first-order valence-electron chi connectivity index (χ1n) is 8.90. The van der Waals surface area contributed by atoms with Crippen LogP contribution in [0.1, 0.15) is 24.1 Å². The highest BCUT2D eigenvalue weighted by atomic mass is 16.5. The summed E-state index contributed by atoms with van der Waals surface area (Å²) in [6.45, 7) is 0. The van der Waals surface area contributed by atoms with Crippen LogP contribution in [0, 0.1) is 0 Å². The molecule has 0 bridgehead atoms. The zero-order chi connectivity index (χ0) is 19.0. The molecule has 2 N–H and O–H groups in total. The van der Waals surface area contributed by atoms with Crippen LogP contribution >= 0.6 is 0 Å². The molecule has 2 aromatic heterocycles. The van der Waals surface area contributed by atoms with Gasteiger partial charge in [0, 0.05) is 22.9 Å². The van der Waals surface area contributed by atoms with Gasteiger partial charge < -0.3 is 19.9 Å². The highest BCUT2D eigenvalue weighted by molar-refractivity contribution is 6.02. The summed E-state index contributed by atoms with van der Waals surface area (Å²) >= 11 is 0. The second kappa shape index (κ2) is 6.90. The first kappa shape index (κ1) is 17.3. The lowest BCUT2D eigenvalue weighted by atomic mass is 9.87. The van der Waals surface area contributed by atoms with Crippen LogP contribution in [0.25, 0.3) is 22.2 Å². The maximum atomic E-state index is 6.26. The minimum Gasteiger partial charge on any atom is -0.496 e. The van der Waals surface area contributed by atoms with Crippen LogP contribution in [0.3, 0.4) is 0 Å². The number of aryl methyl sites for hydroxylation is 1. The van der Waals surface area contributed by atoms with E-state index in [1.54, 1.807) is 21.3 Å². The van der Waals surface area contributed by atoms with Gasteiger partial charge in [0.15, 0.2) is 17.1 Å². The molecule has 0 aliphatic heterocycles. The van der Waals surface area contributed by atoms with Crippen LogP contribution in [0.2, 0.25) is 0 Å². The molecule has 2 heterocycles. The van der Waals surface area contributed by atoms with Gasteiger partial charge in [-0.3, -0.25) is 0 Å². The highest BCUT2D eigenvalue weighted by Crippen LogP contribution is 2.45. The Labute approximate surface area is 157 Å². The topological polar surface area (TPSA) is 92.4 Å². The van der Waals surface area contributed by atoms with Gasteiger partial charge in [-0.2, -0.15) is 0 Å². The average molecular weight is 366 g/mol. The summed E-state index contributed by atoms with van der Waals surface area (Å²) in [5.41, 5.74) is 11.0. The molecule has 0 saturated heterocycles. The molecule has 1 aliphatic rings. The second-order valence-corrected chi connectivity index (χ2v) is 6.48. The van der Waals surface area contributed by atoms with Gasteiger partial charge in [0.25, 0.3) is 0 Å². The quantitative estimate of drug-likeness (QED) is 0.758. The van der Waals surface area contributed by atoms with Gasteiger partial charge in [0.2, 0.25) is 0 Å². The first-order valence-corrected chi connectivity index (χ1v) is 8.90. The number of fused-ring (bicyclic) bond motifs is 2. The Bertz CT molecular complexity index is 1020. The van der Waals surface area contributed by atoms with Gasteiger partial charge in [-0.15, -0.1) is 0 Å². The van der Waals surface area contributed by atoms with Crippen LogP contribution < -0.4 is 19.9 Å². The third kappa shape index (κ3) is 2.79. The lowest BCUT2D eigenvalue weighted by Crippen LogP contribution is -2.10. The van der Waals surface area contributed by atoms with Crippen molar-refractivity contribution in [1.29, 1.82) is 0 Å². The van der Waals surface area contributed by atoms with E-state index in [0.717, 1.165) is 47.9 Å². The van der Waals surface area contributed by atoms with E-state index in [2.05, 4.69) is 9.97 Å². The molecule has 7 nitrogen and oxygen atoms in total. The van der Waals surface area contributed by atoms with E-state index < -0.39 is 0 Å². The van der Waals surface area contributed by atoms with E-state index in [1.807, 2.05) is 12.1 Å². The number of anilines is 1. The minimum atomic E-state index is 0.410. The van der Waals surface area contributed by atoms with Crippen LogP contribution in [-0.2, 0) is 12.8 Å². The standard InChI is InChI=1S/C20H22N4O3/c1-25-14-9-16(27-3)15(26-2)8-12(14)17-11-6-4-5-7-13(11)24-20-18(17)19(21)22-10-23-20/h8-10H,4-7H2,1-3H3,(H2,21,22,23,24). The highest BCUT2D eigenvalue weighted by Gasteiger charge is 2.25. The largest absolute Gasteiger partial charge is 0.496 e. The molecule has 0 saturated carbocycles. The summed E-state index contributed by atoms with van der Waals surface area (Å²) < 4.78 is 16.6. The van der Waals surface area contributed by atoms with Gasteiger partial charge in [0.05, 0.1) is 26.7 Å². The number of hydrogen-bond acceptors (Lipinski definition) is 7. The van der Waals surface area contributed by atoms with Crippen molar-refractivity contribution in [3.8, 4) is 28.4 Å². The maximum Gasteiger partial charge on any atom is 0.165 e. The second-order valence-electron chi connectivity index (χ2n) is 6.48. The van der Waals surface area contributed by atoms with Gasteiger partial charge in [-0.05, 0) is 37.3 Å². The normalized spacial score (nSPS) is 13.3. The Balaban J connectivity index is 2.12. The predicted molar refractivity (Wildman–Crippen MR) is 103 cm³/mol. The average Bonchev–Trinajstić information content (AvgIpc) is 2.71. The number of methoxy groups -OCH3 is 3. The number of aromatic nitrogens is 3. The molecule has 3 aromatic rings. The lowest BCUT2D eigenvalue weighted by molar-refractivity contribution is 0.349. The molecule has 7 heteroatoms. The zero-order valence-corrected chi connectivity index (χ0v) is 15.7. The summed E-state index contributed by atoms with van der Waals surface area (Å²) in [4.78, 5) is 13.3. The van der Waals surface area contributed by atoms with Crippen molar-refractivity contribution in [2.75, 3.05) is 27.1 Å². The molecule has 0 atom stereocenters. The number of nitrogens with zero attached hydrogens (tertiary/aromatic N) is 3. The van der Waals surface area contributed by atoms with Crippen molar-refractivity contribution in [3.63, 3.8) is 0 Å². The zero-order valence-electron chi connectivity index (χ0n) is 15.7. The van der Waals surface area contributed by atoms with Crippen molar-refractivity contribution in [1.82, 2.24) is 15.0 Å². The number of benzene rings is 1. The van der Waals surface area contributed by atoms with E-state index in [4.69, 9.17) is 24.9 Å². The third-order valence-electron chi connectivity index (χ3n) is 5.06. The fourth-order valence-corrected chi connectivity index (χ4v) is 3.80. The van der Waals surface area contributed by atoms with E-state index in [9.17, 15) is 0 Å². The van der Waals surface area contributed by atoms with Crippen LogP contribution in [0.5, 0.6) is 17.2 Å². The Hall–Kier alpha value is -3.09. The smallest absolute Gasteiger partial charge is 0.165 e. The SMILES string of the molecule is COc1cc(OC)c(-c2c3c(nc4ncnc(N)c24)CCCC3)cc1OC.